The molecule has 2 N–H and O–H groups in total. The van der Waals surface area contributed by atoms with E-state index in [0.29, 0.717) is 0 Å². The molecule has 0 amide bonds. The molecule has 1 unspecified atom stereocenters. The maximum atomic E-state index is 6.24. The summed E-state index contributed by atoms with van der Waals surface area (Å²) in [5, 5.41) is 0. The van der Waals surface area contributed by atoms with Crippen molar-refractivity contribution in [2.45, 2.75) is 25.8 Å². The van der Waals surface area contributed by atoms with E-state index >= 15 is 0 Å². The predicted octanol–water partition coefficient (Wildman–Crippen LogP) is 4.16. The van der Waals surface area contributed by atoms with Gasteiger partial charge in [0.05, 0.1) is 0 Å². The Morgan fingerprint density at radius 2 is 1.88 bits per heavy atom. The summed E-state index contributed by atoms with van der Waals surface area (Å²) >= 11 is 4.16. The molecule has 0 spiro atoms. The van der Waals surface area contributed by atoms with E-state index in [1.165, 1.54) is 18.9 Å². The van der Waals surface area contributed by atoms with Gasteiger partial charge in [0.2, 0.25) is 0 Å². The van der Waals surface area contributed by atoms with E-state index in [4.69, 9.17) is 5.73 Å². The summed E-state index contributed by atoms with van der Waals surface area (Å²) in [5.74, 6) is 0. The largest absolute Gasteiger partial charge is 0.323 e. The molecule has 0 aliphatic rings. The van der Waals surface area contributed by atoms with Gasteiger partial charge in [0.1, 0.15) is 0 Å². The molecule has 1 nitrogen and oxygen atoms in total. The molecule has 0 bridgehead atoms. The Bertz CT molecular complexity index is 475. The number of rotatable bonds is 4. The number of thiophene rings is 1. The van der Waals surface area contributed by atoms with E-state index in [-0.39, 0.29) is 6.04 Å². The molecular formula is C14H16INS. The SMILES string of the molecule is CCc1ccc(C(N)Cc2ccc(I)cc2)s1. The van der Waals surface area contributed by atoms with E-state index in [1.54, 1.807) is 0 Å². The number of aryl methyl sites for hydroxylation is 1. The zero-order chi connectivity index (χ0) is 12.3. The highest BCUT2D eigenvalue weighted by Gasteiger charge is 2.09. The molecule has 0 aliphatic heterocycles. The van der Waals surface area contributed by atoms with Crippen molar-refractivity contribution in [3.05, 3.63) is 55.3 Å². The topological polar surface area (TPSA) is 26.0 Å². The summed E-state index contributed by atoms with van der Waals surface area (Å²) in [6.45, 7) is 2.18. The zero-order valence-corrected chi connectivity index (χ0v) is 12.8. The molecule has 0 saturated carbocycles. The lowest BCUT2D eigenvalue weighted by atomic mass is 10.1. The molecule has 90 valence electrons. The Hall–Kier alpha value is -0.390. The second kappa shape index (κ2) is 5.98. The lowest BCUT2D eigenvalue weighted by molar-refractivity contribution is 0.736. The minimum atomic E-state index is 0.125. The highest BCUT2D eigenvalue weighted by Crippen LogP contribution is 2.25. The summed E-state index contributed by atoms with van der Waals surface area (Å²) in [7, 11) is 0. The fourth-order valence-corrected chi connectivity index (χ4v) is 3.07. The number of halogens is 1. The van der Waals surface area contributed by atoms with Crippen molar-refractivity contribution in [1.29, 1.82) is 0 Å². The van der Waals surface area contributed by atoms with Crippen LogP contribution in [0.3, 0.4) is 0 Å². The first-order valence-electron chi connectivity index (χ1n) is 5.77. The first kappa shape index (κ1) is 13.1. The average Bonchev–Trinajstić information content (AvgIpc) is 2.81. The van der Waals surface area contributed by atoms with Gasteiger partial charge in [-0.3, -0.25) is 0 Å². The standard InChI is InChI=1S/C14H16INS/c1-2-12-7-8-14(17-12)13(16)9-10-3-5-11(15)6-4-10/h3-8,13H,2,9,16H2,1H3. The Morgan fingerprint density at radius 3 is 2.47 bits per heavy atom. The van der Waals surface area contributed by atoms with Crippen molar-refractivity contribution in [2.24, 2.45) is 5.73 Å². The minimum Gasteiger partial charge on any atom is -0.323 e. The van der Waals surface area contributed by atoms with Crippen LogP contribution in [0.2, 0.25) is 0 Å². The van der Waals surface area contributed by atoms with Crippen molar-refractivity contribution in [3.8, 4) is 0 Å². The Morgan fingerprint density at radius 1 is 1.18 bits per heavy atom. The molecule has 0 saturated heterocycles. The van der Waals surface area contributed by atoms with Gasteiger partial charge in [0.15, 0.2) is 0 Å². The second-order valence-electron chi connectivity index (χ2n) is 4.09. The molecule has 1 aromatic heterocycles. The quantitative estimate of drug-likeness (QED) is 0.817. The maximum Gasteiger partial charge on any atom is 0.0430 e. The highest BCUT2D eigenvalue weighted by molar-refractivity contribution is 14.1. The molecule has 1 heterocycles. The van der Waals surface area contributed by atoms with Crippen molar-refractivity contribution >= 4 is 33.9 Å². The van der Waals surface area contributed by atoms with Gasteiger partial charge in [-0.2, -0.15) is 0 Å². The first-order chi connectivity index (χ1) is 8.19. The molecule has 0 radical (unpaired) electrons. The van der Waals surface area contributed by atoms with Crippen molar-refractivity contribution in [2.75, 3.05) is 0 Å². The van der Waals surface area contributed by atoms with Gasteiger partial charge in [-0.05, 0) is 65.3 Å². The van der Waals surface area contributed by atoms with Gasteiger partial charge in [-0.25, -0.2) is 0 Å². The van der Waals surface area contributed by atoms with E-state index in [2.05, 4.69) is 65.9 Å². The van der Waals surface area contributed by atoms with Crippen molar-refractivity contribution < 1.29 is 0 Å². The van der Waals surface area contributed by atoms with Crippen LogP contribution >= 0.6 is 33.9 Å². The zero-order valence-electron chi connectivity index (χ0n) is 9.82. The van der Waals surface area contributed by atoms with Crippen LogP contribution in [0.4, 0.5) is 0 Å². The second-order valence-corrected chi connectivity index (χ2v) is 6.54. The lowest BCUT2D eigenvalue weighted by Gasteiger charge is -2.09. The predicted molar refractivity (Wildman–Crippen MR) is 83.5 cm³/mol. The van der Waals surface area contributed by atoms with Gasteiger partial charge in [-0.1, -0.05) is 19.1 Å². The van der Waals surface area contributed by atoms with Crippen molar-refractivity contribution in [1.82, 2.24) is 0 Å². The maximum absolute atomic E-state index is 6.24. The van der Waals surface area contributed by atoms with E-state index in [0.717, 1.165) is 12.8 Å². The molecule has 0 aliphatic carbocycles. The Balaban J connectivity index is 2.05. The normalized spacial score (nSPS) is 12.6. The Kier molecular flexibility index (Phi) is 4.59. The molecule has 2 rings (SSSR count). The van der Waals surface area contributed by atoms with Crippen LogP contribution in [0, 0.1) is 3.57 Å². The van der Waals surface area contributed by atoms with Crippen molar-refractivity contribution in [3.63, 3.8) is 0 Å². The van der Waals surface area contributed by atoms with Crippen LogP contribution in [-0.2, 0) is 12.8 Å². The third-order valence-corrected chi connectivity index (χ3v) is 4.85. The van der Waals surface area contributed by atoms with Gasteiger partial charge in [0, 0.05) is 19.4 Å². The van der Waals surface area contributed by atoms with Gasteiger partial charge in [-0.15, -0.1) is 11.3 Å². The number of hydrogen-bond acceptors (Lipinski definition) is 2. The van der Waals surface area contributed by atoms with Crippen LogP contribution < -0.4 is 5.73 Å². The number of nitrogens with two attached hydrogens (primary N) is 1. The molecular weight excluding hydrogens is 341 g/mol. The Labute approximate surface area is 120 Å². The van der Waals surface area contributed by atoms with E-state index in [9.17, 15) is 0 Å². The van der Waals surface area contributed by atoms with Gasteiger partial charge < -0.3 is 5.73 Å². The minimum absolute atomic E-state index is 0.125. The summed E-state index contributed by atoms with van der Waals surface area (Å²) in [6, 6.07) is 13.1. The molecule has 2 aromatic rings. The monoisotopic (exact) mass is 357 g/mol. The molecule has 1 atom stereocenters. The molecule has 1 aromatic carbocycles. The number of hydrogen-bond donors (Lipinski definition) is 1. The van der Waals surface area contributed by atoms with Crippen LogP contribution in [0.25, 0.3) is 0 Å². The summed E-state index contributed by atoms with van der Waals surface area (Å²) in [4.78, 5) is 2.71. The van der Waals surface area contributed by atoms with Crippen LogP contribution in [0.15, 0.2) is 36.4 Å². The average molecular weight is 357 g/mol. The van der Waals surface area contributed by atoms with Crippen LogP contribution in [-0.4, -0.2) is 0 Å². The summed E-state index contributed by atoms with van der Waals surface area (Å²) in [6.07, 6.45) is 2.02. The summed E-state index contributed by atoms with van der Waals surface area (Å²) < 4.78 is 1.27. The molecule has 3 heteroatoms. The third kappa shape index (κ3) is 3.53. The van der Waals surface area contributed by atoms with E-state index < -0.39 is 0 Å². The fraction of sp³-hybridized carbons (Fsp3) is 0.286. The highest BCUT2D eigenvalue weighted by atomic mass is 127. The van der Waals surface area contributed by atoms with Gasteiger partial charge >= 0.3 is 0 Å². The van der Waals surface area contributed by atoms with Crippen LogP contribution in [0.5, 0.6) is 0 Å². The molecule has 17 heavy (non-hydrogen) atoms. The van der Waals surface area contributed by atoms with E-state index in [1.807, 2.05) is 11.3 Å². The van der Waals surface area contributed by atoms with Crippen LogP contribution in [0.1, 0.15) is 28.3 Å². The lowest BCUT2D eigenvalue weighted by Crippen LogP contribution is -2.11. The summed E-state index contributed by atoms with van der Waals surface area (Å²) in [5.41, 5.74) is 7.55. The first-order valence-corrected chi connectivity index (χ1v) is 7.67. The fourth-order valence-electron chi connectivity index (χ4n) is 1.76. The smallest absolute Gasteiger partial charge is 0.0430 e. The van der Waals surface area contributed by atoms with Gasteiger partial charge in [0.25, 0.3) is 0 Å². The third-order valence-electron chi connectivity index (χ3n) is 2.77. The molecule has 0 fully saturated rings. The number of benzene rings is 1.